The highest BCUT2D eigenvalue weighted by Crippen LogP contribution is 2.20. The first-order chi connectivity index (χ1) is 4.88. The molecule has 0 amide bonds. The molecule has 0 aliphatic carbocycles. The fraction of sp³-hybridized carbons (Fsp3) is 0.429. The second kappa shape index (κ2) is 4.60. The average molecular weight is 208 g/mol. The zero-order valence-electron chi connectivity index (χ0n) is 6.65. The third-order valence-corrected chi connectivity index (χ3v) is 1.87. The van der Waals surface area contributed by atoms with Gasteiger partial charge in [0, 0.05) is 24.3 Å². The lowest BCUT2D eigenvalue weighted by molar-refractivity contribution is 0.631. The summed E-state index contributed by atoms with van der Waals surface area (Å²) in [6, 6.07) is 0.427. The first kappa shape index (κ1) is 11.6. The molecule has 0 spiro atoms. The number of nitrogens with one attached hydrogen (secondary N) is 1. The van der Waals surface area contributed by atoms with Crippen molar-refractivity contribution in [3.05, 3.63) is 23.8 Å². The van der Waals surface area contributed by atoms with Crippen molar-refractivity contribution in [3.8, 4) is 0 Å². The van der Waals surface area contributed by atoms with E-state index in [-0.39, 0.29) is 24.8 Å². The molecule has 1 N–H and O–H groups in total. The maximum Gasteiger partial charge on any atom is 0.115 e. The lowest BCUT2D eigenvalue weighted by Crippen LogP contribution is -2.07. The van der Waals surface area contributed by atoms with Crippen LogP contribution in [0.15, 0.2) is 12.5 Å². The molecule has 1 aliphatic heterocycles. The number of hydrogen-bond acceptors (Lipinski definition) is 3. The molecular formula is C7H11Cl2N3. The summed E-state index contributed by atoms with van der Waals surface area (Å²) in [5, 5.41) is 3.28. The number of rotatable bonds is 0. The van der Waals surface area contributed by atoms with Gasteiger partial charge >= 0.3 is 0 Å². The first-order valence-corrected chi connectivity index (χ1v) is 3.40. The summed E-state index contributed by atoms with van der Waals surface area (Å²) < 4.78 is 0. The van der Waals surface area contributed by atoms with E-state index in [2.05, 4.69) is 22.2 Å². The molecule has 3 nitrogen and oxygen atoms in total. The van der Waals surface area contributed by atoms with Crippen molar-refractivity contribution in [3.63, 3.8) is 0 Å². The average Bonchev–Trinajstić information content (AvgIpc) is 2.34. The van der Waals surface area contributed by atoms with Gasteiger partial charge in [0.05, 0.1) is 5.69 Å². The second-order valence-corrected chi connectivity index (χ2v) is 2.53. The van der Waals surface area contributed by atoms with Gasteiger partial charge in [-0.2, -0.15) is 0 Å². The van der Waals surface area contributed by atoms with Gasteiger partial charge < -0.3 is 5.32 Å². The quantitative estimate of drug-likeness (QED) is 0.701. The highest BCUT2D eigenvalue weighted by Gasteiger charge is 2.17. The Kier molecular flexibility index (Phi) is 4.45. The summed E-state index contributed by atoms with van der Waals surface area (Å²) in [6.45, 7) is 3.01. The van der Waals surface area contributed by atoms with Crippen molar-refractivity contribution in [2.24, 2.45) is 0 Å². The van der Waals surface area contributed by atoms with Crippen LogP contribution < -0.4 is 5.32 Å². The van der Waals surface area contributed by atoms with E-state index in [4.69, 9.17) is 0 Å². The third-order valence-electron chi connectivity index (χ3n) is 1.87. The molecule has 1 aromatic heterocycles. The van der Waals surface area contributed by atoms with Gasteiger partial charge in [-0.25, -0.2) is 9.97 Å². The summed E-state index contributed by atoms with van der Waals surface area (Å²) in [4.78, 5) is 8.09. The van der Waals surface area contributed by atoms with Gasteiger partial charge in [0.25, 0.3) is 0 Å². The predicted molar refractivity (Wildman–Crippen MR) is 51.8 cm³/mol. The van der Waals surface area contributed by atoms with Crippen LogP contribution in [0.2, 0.25) is 0 Å². The molecule has 0 aromatic carbocycles. The Labute approximate surface area is 83.8 Å². The predicted octanol–water partition coefficient (Wildman–Crippen LogP) is 1.48. The Morgan fingerprint density at radius 2 is 2.25 bits per heavy atom. The Balaban J connectivity index is 0.000000605. The molecule has 12 heavy (non-hydrogen) atoms. The largest absolute Gasteiger partial charge is 0.304 e. The summed E-state index contributed by atoms with van der Waals surface area (Å²) in [6.07, 6.45) is 3.48. The lowest BCUT2D eigenvalue weighted by Gasteiger charge is -2.00. The standard InChI is InChI=1S/C7H9N3.2ClH/c1-5-6-2-8-4-10-7(6)3-9-5;;/h2,4-5,9H,3H2,1H3;2*1H. The van der Waals surface area contributed by atoms with E-state index in [1.165, 1.54) is 5.56 Å². The van der Waals surface area contributed by atoms with Crippen LogP contribution in [0.4, 0.5) is 0 Å². The van der Waals surface area contributed by atoms with Crippen molar-refractivity contribution < 1.29 is 0 Å². The fourth-order valence-electron chi connectivity index (χ4n) is 1.23. The van der Waals surface area contributed by atoms with Crippen LogP contribution in [0.1, 0.15) is 24.2 Å². The number of aromatic nitrogens is 2. The molecule has 1 atom stereocenters. The topological polar surface area (TPSA) is 37.8 Å². The highest BCUT2D eigenvalue weighted by atomic mass is 35.5. The van der Waals surface area contributed by atoms with Crippen LogP contribution in [0.25, 0.3) is 0 Å². The molecule has 0 saturated heterocycles. The van der Waals surface area contributed by atoms with Crippen molar-refractivity contribution in [2.75, 3.05) is 0 Å². The molecule has 0 bridgehead atoms. The maximum atomic E-state index is 4.14. The Morgan fingerprint density at radius 3 is 2.92 bits per heavy atom. The zero-order chi connectivity index (χ0) is 6.97. The van der Waals surface area contributed by atoms with Crippen LogP contribution >= 0.6 is 24.8 Å². The van der Waals surface area contributed by atoms with Crippen molar-refractivity contribution in [2.45, 2.75) is 19.5 Å². The van der Waals surface area contributed by atoms with E-state index in [0.717, 1.165) is 12.2 Å². The minimum atomic E-state index is 0. The Hall–Kier alpha value is -0.380. The van der Waals surface area contributed by atoms with Gasteiger partial charge in [-0.05, 0) is 6.92 Å². The molecule has 0 fully saturated rings. The number of hydrogen-bond donors (Lipinski definition) is 1. The van der Waals surface area contributed by atoms with Gasteiger partial charge in [0.1, 0.15) is 6.33 Å². The fourth-order valence-corrected chi connectivity index (χ4v) is 1.23. The first-order valence-electron chi connectivity index (χ1n) is 3.40. The van der Waals surface area contributed by atoms with Crippen LogP contribution in [0.5, 0.6) is 0 Å². The summed E-state index contributed by atoms with van der Waals surface area (Å²) >= 11 is 0. The van der Waals surface area contributed by atoms with Crippen molar-refractivity contribution >= 4 is 24.8 Å². The monoisotopic (exact) mass is 207 g/mol. The smallest absolute Gasteiger partial charge is 0.115 e. The molecule has 1 aliphatic rings. The highest BCUT2D eigenvalue weighted by molar-refractivity contribution is 5.85. The van der Waals surface area contributed by atoms with E-state index in [1.54, 1.807) is 6.33 Å². The molecule has 0 radical (unpaired) electrons. The Morgan fingerprint density at radius 1 is 1.50 bits per heavy atom. The minimum Gasteiger partial charge on any atom is -0.304 e. The Bertz CT molecular complexity index is 254. The molecule has 1 aromatic rings. The summed E-state index contributed by atoms with van der Waals surface area (Å²) in [7, 11) is 0. The third kappa shape index (κ3) is 1.86. The normalized spacial score (nSPS) is 18.9. The van der Waals surface area contributed by atoms with Crippen molar-refractivity contribution in [1.29, 1.82) is 0 Å². The van der Waals surface area contributed by atoms with E-state index >= 15 is 0 Å². The molecule has 0 saturated carbocycles. The number of halogens is 2. The van der Waals surface area contributed by atoms with E-state index in [0.29, 0.717) is 6.04 Å². The molecule has 1 unspecified atom stereocenters. The molecule has 68 valence electrons. The summed E-state index contributed by atoms with van der Waals surface area (Å²) in [5.74, 6) is 0. The molecule has 5 heteroatoms. The molecular weight excluding hydrogens is 197 g/mol. The van der Waals surface area contributed by atoms with E-state index < -0.39 is 0 Å². The van der Waals surface area contributed by atoms with Crippen LogP contribution in [0.3, 0.4) is 0 Å². The van der Waals surface area contributed by atoms with Gasteiger partial charge in [0.15, 0.2) is 0 Å². The minimum absolute atomic E-state index is 0. The van der Waals surface area contributed by atoms with Crippen LogP contribution in [-0.2, 0) is 6.54 Å². The lowest BCUT2D eigenvalue weighted by atomic mass is 10.2. The van der Waals surface area contributed by atoms with Gasteiger partial charge in [-0.1, -0.05) is 0 Å². The van der Waals surface area contributed by atoms with E-state index in [1.807, 2.05) is 6.20 Å². The van der Waals surface area contributed by atoms with Gasteiger partial charge in [-0.15, -0.1) is 24.8 Å². The van der Waals surface area contributed by atoms with Gasteiger partial charge in [-0.3, -0.25) is 0 Å². The molecule has 2 heterocycles. The second-order valence-electron chi connectivity index (χ2n) is 2.53. The van der Waals surface area contributed by atoms with Gasteiger partial charge in [0.2, 0.25) is 0 Å². The van der Waals surface area contributed by atoms with Crippen LogP contribution in [-0.4, -0.2) is 9.97 Å². The number of fused-ring (bicyclic) bond motifs is 1. The van der Waals surface area contributed by atoms with Crippen molar-refractivity contribution in [1.82, 2.24) is 15.3 Å². The van der Waals surface area contributed by atoms with E-state index in [9.17, 15) is 0 Å². The number of nitrogens with zero attached hydrogens (tertiary/aromatic N) is 2. The summed E-state index contributed by atoms with van der Waals surface area (Å²) in [5.41, 5.74) is 2.38. The maximum absolute atomic E-state index is 4.14. The van der Waals surface area contributed by atoms with Crippen LogP contribution in [0, 0.1) is 0 Å². The molecule has 2 rings (SSSR count). The SMILES string of the molecule is CC1NCc2ncncc21.Cl.Cl. The zero-order valence-corrected chi connectivity index (χ0v) is 8.28.